The summed E-state index contributed by atoms with van der Waals surface area (Å²) in [6.45, 7) is 5.46. The summed E-state index contributed by atoms with van der Waals surface area (Å²) >= 11 is 7.11. The van der Waals surface area contributed by atoms with Crippen LogP contribution < -0.4 is 11.1 Å². The number of carbonyl (C=O) groups is 2. The lowest BCUT2D eigenvalue weighted by Gasteiger charge is -2.09. The molecule has 0 bridgehead atoms. The standard InChI is InChI=1S/C16H17ClN2O3S/c1-4-22-16(21)12-9(3)13(23-14(12)18)15(20)19-11-7-5-6-10(17)8(11)2/h5-7H,4,18H2,1-3H3,(H,19,20). The molecule has 0 spiro atoms. The van der Waals surface area contributed by atoms with Crippen LogP contribution in [0, 0.1) is 13.8 Å². The van der Waals surface area contributed by atoms with Gasteiger partial charge in [-0.2, -0.15) is 0 Å². The van der Waals surface area contributed by atoms with Gasteiger partial charge in [-0.05, 0) is 44.0 Å². The lowest BCUT2D eigenvalue weighted by atomic mass is 10.1. The molecule has 1 heterocycles. The quantitative estimate of drug-likeness (QED) is 0.814. The summed E-state index contributed by atoms with van der Waals surface area (Å²) < 4.78 is 4.97. The van der Waals surface area contributed by atoms with Crippen molar-refractivity contribution in [2.75, 3.05) is 17.7 Å². The first-order valence-electron chi connectivity index (χ1n) is 6.99. The maximum absolute atomic E-state index is 12.5. The summed E-state index contributed by atoms with van der Waals surface area (Å²) in [5.74, 6) is -0.850. The van der Waals surface area contributed by atoms with E-state index in [9.17, 15) is 9.59 Å². The summed E-state index contributed by atoms with van der Waals surface area (Å²) in [6, 6.07) is 5.27. The van der Waals surface area contributed by atoms with E-state index in [-0.39, 0.29) is 23.1 Å². The van der Waals surface area contributed by atoms with E-state index in [2.05, 4.69) is 5.32 Å². The predicted octanol–water partition coefficient (Wildman–Crippen LogP) is 4.03. The van der Waals surface area contributed by atoms with Gasteiger partial charge in [0.05, 0.1) is 17.0 Å². The van der Waals surface area contributed by atoms with Crippen molar-refractivity contribution in [3.8, 4) is 0 Å². The molecule has 0 unspecified atom stereocenters. The van der Waals surface area contributed by atoms with Crippen molar-refractivity contribution in [1.29, 1.82) is 0 Å². The SMILES string of the molecule is CCOC(=O)c1c(N)sc(C(=O)Nc2cccc(Cl)c2C)c1C. The lowest BCUT2D eigenvalue weighted by molar-refractivity contribution is 0.0527. The molecule has 1 aromatic carbocycles. The molecular weight excluding hydrogens is 336 g/mol. The molecule has 7 heteroatoms. The summed E-state index contributed by atoms with van der Waals surface area (Å²) in [7, 11) is 0. The van der Waals surface area contributed by atoms with Gasteiger partial charge in [-0.15, -0.1) is 11.3 Å². The van der Waals surface area contributed by atoms with Crippen LogP contribution in [0.2, 0.25) is 5.02 Å². The molecule has 5 nitrogen and oxygen atoms in total. The van der Waals surface area contributed by atoms with E-state index in [0.29, 0.717) is 21.2 Å². The zero-order valence-electron chi connectivity index (χ0n) is 13.0. The normalized spacial score (nSPS) is 10.4. The van der Waals surface area contributed by atoms with Crippen LogP contribution in [0.25, 0.3) is 0 Å². The summed E-state index contributed by atoms with van der Waals surface area (Å²) in [6.07, 6.45) is 0. The van der Waals surface area contributed by atoms with E-state index < -0.39 is 5.97 Å². The molecule has 0 aliphatic heterocycles. The Morgan fingerprint density at radius 1 is 1.30 bits per heavy atom. The number of hydrogen-bond acceptors (Lipinski definition) is 5. The van der Waals surface area contributed by atoms with Gasteiger partial charge in [-0.3, -0.25) is 4.79 Å². The molecule has 0 saturated carbocycles. The van der Waals surface area contributed by atoms with E-state index in [0.717, 1.165) is 16.9 Å². The molecule has 1 amide bonds. The number of carbonyl (C=O) groups excluding carboxylic acids is 2. The van der Waals surface area contributed by atoms with E-state index in [4.69, 9.17) is 22.1 Å². The second-order valence-corrected chi connectivity index (χ2v) is 6.34. The number of hydrogen-bond donors (Lipinski definition) is 2. The van der Waals surface area contributed by atoms with Gasteiger partial charge in [0.2, 0.25) is 0 Å². The molecular formula is C16H17ClN2O3S. The highest BCUT2D eigenvalue weighted by molar-refractivity contribution is 7.18. The smallest absolute Gasteiger partial charge is 0.341 e. The number of rotatable bonds is 4. The lowest BCUT2D eigenvalue weighted by Crippen LogP contribution is -2.13. The maximum Gasteiger partial charge on any atom is 0.341 e. The molecule has 2 aromatic rings. The largest absolute Gasteiger partial charge is 0.462 e. The fourth-order valence-corrected chi connectivity index (χ4v) is 3.26. The first-order chi connectivity index (χ1) is 10.9. The Labute approximate surface area is 143 Å². The molecule has 3 N–H and O–H groups in total. The van der Waals surface area contributed by atoms with Crippen LogP contribution in [-0.2, 0) is 4.74 Å². The highest BCUT2D eigenvalue weighted by atomic mass is 35.5. The molecule has 23 heavy (non-hydrogen) atoms. The van der Waals surface area contributed by atoms with Crippen molar-refractivity contribution in [2.45, 2.75) is 20.8 Å². The number of halogens is 1. The molecule has 0 aliphatic rings. The minimum Gasteiger partial charge on any atom is -0.462 e. The van der Waals surface area contributed by atoms with E-state index in [1.165, 1.54) is 0 Å². The van der Waals surface area contributed by atoms with Crippen LogP contribution in [0.4, 0.5) is 10.7 Å². The van der Waals surface area contributed by atoms with Gasteiger partial charge in [0, 0.05) is 10.7 Å². The summed E-state index contributed by atoms with van der Waals surface area (Å²) in [5, 5.41) is 3.64. The molecule has 0 fully saturated rings. The minimum absolute atomic E-state index is 0.247. The maximum atomic E-state index is 12.5. The first-order valence-corrected chi connectivity index (χ1v) is 8.18. The Morgan fingerprint density at radius 2 is 2.00 bits per heavy atom. The van der Waals surface area contributed by atoms with Crippen LogP contribution >= 0.6 is 22.9 Å². The average molecular weight is 353 g/mol. The van der Waals surface area contributed by atoms with Crippen LogP contribution in [-0.4, -0.2) is 18.5 Å². The van der Waals surface area contributed by atoms with Gasteiger partial charge in [-0.1, -0.05) is 17.7 Å². The summed E-state index contributed by atoms with van der Waals surface area (Å²) in [5.41, 5.74) is 8.04. The number of nitrogen functional groups attached to an aromatic ring is 1. The molecule has 1 aromatic heterocycles. The fraction of sp³-hybridized carbons (Fsp3) is 0.250. The third-order valence-electron chi connectivity index (χ3n) is 3.38. The number of nitrogens with one attached hydrogen (secondary N) is 1. The Bertz CT molecular complexity index is 771. The van der Waals surface area contributed by atoms with Crippen molar-refractivity contribution in [1.82, 2.24) is 0 Å². The highest BCUT2D eigenvalue weighted by Gasteiger charge is 2.24. The summed E-state index contributed by atoms with van der Waals surface area (Å²) in [4.78, 5) is 24.8. The van der Waals surface area contributed by atoms with E-state index in [1.807, 2.05) is 6.92 Å². The molecule has 0 atom stereocenters. The van der Waals surface area contributed by atoms with Gasteiger partial charge in [0.1, 0.15) is 5.00 Å². The van der Waals surface area contributed by atoms with Crippen molar-refractivity contribution in [3.63, 3.8) is 0 Å². The van der Waals surface area contributed by atoms with Crippen molar-refractivity contribution in [3.05, 3.63) is 44.8 Å². The zero-order chi connectivity index (χ0) is 17.1. The number of benzene rings is 1. The number of thiophene rings is 1. The molecule has 2 rings (SSSR count). The third-order valence-corrected chi connectivity index (χ3v) is 4.90. The number of amides is 1. The fourth-order valence-electron chi connectivity index (χ4n) is 2.13. The Morgan fingerprint density at radius 3 is 2.65 bits per heavy atom. The van der Waals surface area contributed by atoms with Gasteiger partial charge >= 0.3 is 5.97 Å². The number of esters is 1. The predicted molar refractivity (Wildman–Crippen MR) is 93.6 cm³/mol. The first kappa shape index (κ1) is 17.3. The van der Waals surface area contributed by atoms with Crippen molar-refractivity contribution >= 4 is 45.5 Å². The minimum atomic E-state index is -0.517. The van der Waals surface area contributed by atoms with Crippen LogP contribution in [0.1, 0.15) is 38.1 Å². The van der Waals surface area contributed by atoms with E-state index in [1.54, 1.807) is 32.0 Å². The average Bonchev–Trinajstić information content (AvgIpc) is 2.79. The Balaban J connectivity index is 2.32. The number of ether oxygens (including phenoxy) is 1. The topological polar surface area (TPSA) is 81.4 Å². The highest BCUT2D eigenvalue weighted by Crippen LogP contribution is 2.32. The number of anilines is 2. The Hall–Kier alpha value is -2.05. The van der Waals surface area contributed by atoms with Gasteiger partial charge < -0.3 is 15.8 Å². The molecule has 0 saturated heterocycles. The van der Waals surface area contributed by atoms with Gasteiger partial charge in [0.25, 0.3) is 5.91 Å². The van der Waals surface area contributed by atoms with Crippen LogP contribution in [0.3, 0.4) is 0 Å². The van der Waals surface area contributed by atoms with Gasteiger partial charge in [0.15, 0.2) is 0 Å². The monoisotopic (exact) mass is 352 g/mol. The third kappa shape index (κ3) is 3.48. The van der Waals surface area contributed by atoms with Crippen molar-refractivity contribution in [2.24, 2.45) is 0 Å². The zero-order valence-corrected chi connectivity index (χ0v) is 14.6. The van der Waals surface area contributed by atoms with Gasteiger partial charge in [-0.25, -0.2) is 4.79 Å². The Kier molecular flexibility index (Phi) is 5.28. The number of nitrogens with two attached hydrogens (primary N) is 1. The van der Waals surface area contributed by atoms with E-state index >= 15 is 0 Å². The van der Waals surface area contributed by atoms with Crippen LogP contribution in [0.5, 0.6) is 0 Å². The molecule has 0 aliphatic carbocycles. The van der Waals surface area contributed by atoms with Crippen LogP contribution in [0.15, 0.2) is 18.2 Å². The molecule has 0 radical (unpaired) electrons. The second kappa shape index (κ2) is 7.02. The second-order valence-electron chi connectivity index (χ2n) is 4.88. The van der Waals surface area contributed by atoms with Crippen molar-refractivity contribution < 1.29 is 14.3 Å². The molecule has 122 valence electrons.